The molecule has 74 valence electrons. The number of hydrogen-bond acceptors (Lipinski definition) is 4. The standard InChI is InChI=1S/C10H12N2O2/c1-7-3-4-8(2)9(5-7)10(12-14)6-11-13/h3-6,13-14H,1-2H3/b11-6?,12-10+. The van der Waals surface area contributed by atoms with Crippen LogP contribution in [-0.4, -0.2) is 22.3 Å². The highest BCUT2D eigenvalue weighted by Gasteiger charge is 2.05. The molecule has 4 heteroatoms. The molecule has 1 rings (SSSR count). The molecule has 0 heterocycles. The van der Waals surface area contributed by atoms with Crippen LogP contribution in [0.1, 0.15) is 16.7 Å². The average molecular weight is 192 g/mol. The lowest BCUT2D eigenvalue weighted by Crippen LogP contribution is -2.05. The molecule has 0 amide bonds. The third-order valence-electron chi connectivity index (χ3n) is 1.96. The molecule has 2 N–H and O–H groups in total. The van der Waals surface area contributed by atoms with Crippen LogP contribution in [-0.2, 0) is 0 Å². The zero-order valence-corrected chi connectivity index (χ0v) is 8.10. The molecule has 0 aromatic heterocycles. The van der Waals surface area contributed by atoms with Crippen LogP contribution < -0.4 is 0 Å². The summed E-state index contributed by atoms with van der Waals surface area (Å²) in [5.41, 5.74) is 3.01. The highest BCUT2D eigenvalue weighted by Crippen LogP contribution is 2.11. The van der Waals surface area contributed by atoms with Crippen LogP contribution in [0.4, 0.5) is 0 Å². The van der Waals surface area contributed by atoms with Crippen molar-refractivity contribution in [1.29, 1.82) is 0 Å². The van der Waals surface area contributed by atoms with Gasteiger partial charge in [-0.3, -0.25) is 0 Å². The molecule has 0 spiro atoms. The summed E-state index contributed by atoms with van der Waals surface area (Å²) in [6, 6.07) is 5.75. The van der Waals surface area contributed by atoms with Crippen LogP contribution in [0.25, 0.3) is 0 Å². The fourth-order valence-corrected chi connectivity index (χ4v) is 1.22. The molecule has 0 unspecified atom stereocenters. The SMILES string of the molecule is Cc1ccc(C)c(/C(C=NO)=N/O)c1. The van der Waals surface area contributed by atoms with E-state index >= 15 is 0 Å². The lowest BCUT2D eigenvalue weighted by atomic mass is 10.0. The van der Waals surface area contributed by atoms with E-state index in [0.717, 1.165) is 22.9 Å². The quantitative estimate of drug-likeness (QED) is 0.427. The second-order valence-corrected chi connectivity index (χ2v) is 3.05. The van der Waals surface area contributed by atoms with Crippen LogP contribution in [0.3, 0.4) is 0 Å². The molecule has 0 fully saturated rings. The monoisotopic (exact) mass is 192 g/mol. The maximum Gasteiger partial charge on any atom is 0.131 e. The van der Waals surface area contributed by atoms with Gasteiger partial charge in [-0.15, -0.1) is 0 Å². The van der Waals surface area contributed by atoms with Crippen molar-refractivity contribution in [2.24, 2.45) is 10.3 Å². The topological polar surface area (TPSA) is 65.2 Å². The van der Waals surface area contributed by atoms with Crippen molar-refractivity contribution in [2.45, 2.75) is 13.8 Å². The van der Waals surface area contributed by atoms with Crippen LogP contribution >= 0.6 is 0 Å². The van der Waals surface area contributed by atoms with E-state index in [4.69, 9.17) is 10.4 Å². The zero-order valence-electron chi connectivity index (χ0n) is 8.10. The number of nitrogens with zero attached hydrogens (tertiary/aromatic N) is 2. The van der Waals surface area contributed by atoms with Crippen molar-refractivity contribution >= 4 is 11.9 Å². The molecule has 0 saturated carbocycles. The predicted molar refractivity (Wildman–Crippen MR) is 54.5 cm³/mol. The van der Waals surface area contributed by atoms with Crippen LogP contribution in [0.2, 0.25) is 0 Å². The molecule has 1 aromatic carbocycles. The maximum atomic E-state index is 8.71. The van der Waals surface area contributed by atoms with Gasteiger partial charge in [0.15, 0.2) is 0 Å². The van der Waals surface area contributed by atoms with Crippen LogP contribution in [0.5, 0.6) is 0 Å². The molecule has 0 aliphatic heterocycles. The number of aryl methyl sites for hydroxylation is 2. The lowest BCUT2D eigenvalue weighted by Gasteiger charge is -2.04. The number of oxime groups is 2. The molecule has 0 radical (unpaired) electrons. The second kappa shape index (κ2) is 4.41. The maximum absolute atomic E-state index is 8.71. The molecule has 1 aromatic rings. The third-order valence-corrected chi connectivity index (χ3v) is 1.96. The largest absolute Gasteiger partial charge is 0.411 e. The highest BCUT2D eigenvalue weighted by atomic mass is 16.4. The summed E-state index contributed by atoms with van der Waals surface area (Å²) >= 11 is 0. The van der Waals surface area contributed by atoms with E-state index in [1.807, 2.05) is 32.0 Å². The summed E-state index contributed by atoms with van der Waals surface area (Å²) < 4.78 is 0. The molecule has 0 saturated heterocycles. The molecule has 0 atom stereocenters. The first-order chi connectivity index (χ1) is 6.69. The normalized spacial score (nSPS) is 12.3. The summed E-state index contributed by atoms with van der Waals surface area (Å²) in [5, 5.41) is 23.0. The summed E-state index contributed by atoms with van der Waals surface area (Å²) in [6.07, 6.45) is 1.10. The van der Waals surface area contributed by atoms with E-state index in [1.165, 1.54) is 0 Å². The van der Waals surface area contributed by atoms with E-state index < -0.39 is 0 Å². The van der Waals surface area contributed by atoms with Crippen molar-refractivity contribution in [3.8, 4) is 0 Å². The van der Waals surface area contributed by atoms with Gasteiger partial charge in [-0.1, -0.05) is 28.0 Å². The molecule has 0 aliphatic rings. The second-order valence-electron chi connectivity index (χ2n) is 3.05. The van der Waals surface area contributed by atoms with Gasteiger partial charge in [0.2, 0.25) is 0 Å². The minimum Gasteiger partial charge on any atom is -0.411 e. The first kappa shape index (κ1) is 10.2. The zero-order chi connectivity index (χ0) is 10.6. The Morgan fingerprint density at radius 2 is 2.00 bits per heavy atom. The van der Waals surface area contributed by atoms with E-state index in [2.05, 4.69) is 10.3 Å². The third kappa shape index (κ3) is 2.10. The fraction of sp³-hybridized carbons (Fsp3) is 0.200. The summed E-state index contributed by atoms with van der Waals surface area (Å²) in [6.45, 7) is 3.83. The van der Waals surface area contributed by atoms with Gasteiger partial charge in [0.25, 0.3) is 0 Å². The predicted octanol–water partition coefficient (Wildman–Crippen LogP) is 1.94. The van der Waals surface area contributed by atoms with Gasteiger partial charge >= 0.3 is 0 Å². The summed E-state index contributed by atoms with van der Waals surface area (Å²) in [7, 11) is 0. The van der Waals surface area contributed by atoms with Crippen molar-refractivity contribution in [3.63, 3.8) is 0 Å². The molecule has 0 bridgehead atoms. The molecular formula is C10H12N2O2. The van der Waals surface area contributed by atoms with Crippen molar-refractivity contribution in [3.05, 3.63) is 34.9 Å². The first-order valence-electron chi connectivity index (χ1n) is 4.16. The Morgan fingerprint density at radius 1 is 1.29 bits per heavy atom. The molecular weight excluding hydrogens is 180 g/mol. The molecule has 0 aliphatic carbocycles. The van der Waals surface area contributed by atoms with Gasteiger partial charge in [0.1, 0.15) is 5.71 Å². The van der Waals surface area contributed by atoms with Gasteiger partial charge in [0, 0.05) is 5.56 Å². The highest BCUT2D eigenvalue weighted by molar-refractivity contribution is 6.38. The number of rotatable bonds is 2. The average Bonchev–Trinajstić information content (AvgIpc) is 2.18. The molecule has 14 heavy (non-hydrogen) atoms. The fourth-order valence-electron chi connectivity index (χ4n) is 1.22. The van der Waals surface area contributed by atoms with Gasteiger partial charge in [0.05, 0.1) is 6.21 Å². The Hall–Kier alpha value is -1.84. The van der Waals surface area contributed by atoms with Crippen LogP contribution in [0, 0.1) is 13.8 Å². The Kier molecular flexibility index (Phi) is 3.23. The summed E-state index contributed by atoms with van der Waals surface area (Å²) in [4.78, 5) is 0. The lowest BCUT2D eigenvalue weighted by molar-refractivity contribution is 0.316. The van der Waals surface area contributed by atoms with Crippen molar-refractivity contribution < 1.29 is 10.4 Å². The van der Waals surface area contributed by atoms with E-state index in [-0.39, 0.29) is 5.71 Å². The Morgan fingerprint density at radius 3 is 2.57 bits per heavy atom. The van der Waals surface area contributed by atoms with Crippen molar-refractivity contribution in [1.82, 2.24) is 0 Å². The van der Waals surface area contributed by atoms with E-state index in [1.54, 1.807) is 0 Å². The Balaban J connectivity index is 3.22. The minimum atomic E-state index is 0.244. The number of hydrogen-bond donors (Lipinski definition) is 2. The van der Waals surface area contributed by atoms with Gasteiger partial charge in [-0.2, -0.15) is 0 Å². The van der Waals surface area contributed by atoms with Gasteiger partial charge in [-0.05, 0) is 25.5 Å². The van der Waals surface area contributed by atoms with Gasteiger partial charge < -0.3 is 10.4 Å². The smallest absolute Gasteiger partial charge is 0.131 e. The Bertz CT molecular complexity index is 384. The Labute approximate surface area is 82.2 Å². The van der Waals surface area contributed by atoms with E-state index in [0.29, 0.717) is 0 Å². The first-order valence-corrected chi connectivity index (χ1v) is 4.16. The van der Waals surface area contributed by atoms with Crippen molar-refractivity contribution in [2.75, 3.05) is 0 Å². The summed E-state index contributed by atoms with van der Waals surface area (Å²) in [5.74, 6) is 0. The number of benzene rings is 1. The molecule has 4 nitrogen and oxygen atoms in total. The van der Waals surface area contributed by atoms with Gasteiger partial charge in [-0.25, -0.2) is 0 Å². The van der Waals surface area contributed by atoms with E-state index in [9.17, 15) is 0 Å². The minimum absolute atomic E-state index is 0.244. The van der Waals surface area contributed by atoms with Crippen LogP contribution in [0.15, 0.2) is 28.5 Å².